The highest BCUT2D eigenvalue weighted by atomic mass is 79.9. The predicted octanol–water partition coefficient (Wildman–Crippen LogP) is 3.75. The lowest BCUT2D eigenvalue weighted by Crippen LogP contribution is -2.11. The fraction of sp³-hybridized carbons (Fsp3) is 0.286. The van der Waals surface area contributed by atoms with Gasteiger partial charge in [-0.15, -0.1) is 0 Å². The Labute approximate surface area is 126 Å². The molecule has 106 valence electrons. The van der Waals surface area contributed by atoms with Crippen LogP contribution >= 0.6 is 15.9 Å². The summed E-state index contributed by atoms with van der Waals surface area (Å²) < 4.78 is 6.68. The number of nitrogens with zero attached hydrogens (tertiary/aromatic N) is 2. The number of ether oxygens (including phenoxy) is 1. The molecule has 20 heavy (non-hydrogen) atoms. The van der Waals surface area contributed by atoms with Crippen LogP contribution in [0.4, 0.5) is 5.82 Å². The van der Waals surface area contributed by atoms with Crippen LogP contribution < -0.4 is 16.0 Å². The van der Waals surface area contributed by atoms with Gasteiger partial charge in [-0.05, 0) is 40.5 Å². The van der Waals surface area contributed by atoms with E-state index in [1.807, 2.05) is 39.0 Å². The molecule has 1 aromatic carbocycles. The number of benzene rings is 1. The van der Waals surface area contributed by atoms with Gasteiger partial charge in [0.05, 0.1) is 4.47 Å². The van der Waals surface area contributed by atoms with E-state index >= 15 is 0 Å². The average Bonchev–Trinajstić information content (AvgIpc) is 2.41. The molecule has 0 fully saturated rings. The first kappa shape index (κ1) is 14.7. The molecular formula is C14H17BrN4O. The molecule has 0 bridgehead atoms. The van der Waals surface area contributed by atoms with Crippen molar-refractivity contribution in [3.63, 3.8) is 0 Å². The fourth-order valence-electron chi connectivity index (χ4n) is 1.63. The molecule has 0 aliphatic carbocycles. The molecule has 1 aromatic heterocycles. The Bertz CT molecular complexity index is 616. The third kappa shape index (κ3) is 3.46. The number of hydrazine groups is 1. The Morgan fingerprint density at radius 2 is 2.00 bits per heavy atom. The first-order valence-corrected chi connectivity index (χ1v) is 7.08. The number of anilines is 1. The summed E-state index contributed by atoms with van der Waals surface area (Å²) in [6, 6.07) is 7.53. The number of nitrogens with one attached hydrogen (secondary N) is 1. The monoisotopic (exact) mass is 336 g/mol. The quantitative estimate of drug-likeness (QED) is 0.657. The lowest BCUT2D eigenvalue weighted by atomic mass is 10.2. The van der Waals surface area contributed by atoms with E-state index in [-0.39, 0.29) is 5.92 Å². The molecule has 0 amide bonds. The van der Waals surface area contributed by atoms with Gasteiger partial charge in [-0.25, -0.2) is 10.8 Å². The summed E-state index contributed by atoms with van der Waals surface area (Å²) in [5, 5.41) is 0. The number of nitrogens with two attached hydrogens (primary N) is 1. The summed E-state index contributed by atoms with van der Waals surface area (Å²) >= 11 is 3.48. The van der Waals surface area contributed by atoms with Gasteiger partial charge in [0.1, 0.15) is 17.4 Å². The molecule has 6 heteroatoms. The topological polar surface area (TPSA) is 73.1 Å². The van der Waals surface area contributed by atoms with Gasteiger partial charge in [-0.1, -0.05) is 19.9 Å². The predicted molar refractivity (Wildman–Crippen MR) is 82.9 cm³/mol. The van der Waals surface area contributed by atoms with Gasteiger partial charge in [0.2, 0.25) is 5.88 Å². The van der Waals surface area contributed by atoms with Crippen LogP contribution in [0.5, 0.6) is 11.6 Å². The van der Waals surface area contributed by atoms with Crippen molar-refractivity contribution in [2.45, 2.75) is 26.7 Å². The van der Waals surface area contributed by atoms with Crippen LogP contribution in [-0.2, 0) is 0 Å². The summed E-state index contributed by atoms with van der Waals surface area (Å²) in [7, 11) is 0. The molecule has 1 heterocycles. The normalized spacial score (nSPS) is 10.7. The summed E-state index contributed by atoms with van der Waals surface area (Å²) in [5.41, 5.74) is 3.68. The van der Waals surface area contributed by atoms with Crippen LogP contribution in [-0.4, -0.2) is 9.97 Å². The zero-order valence-electron chi connectivity index (χ0n) is 11.6. The van der Waals surface area contributed by atoms with Crippen molar-refractivity contribution >= 4 is 21.7 Å². The fourth-order valence-corrected chi connectivity index (χ4v) is 2.20. The molecule has 0 aliphatic heterocycles. The van der Waals surface area contributed by atoms with Crippen LogP contribution in [0.2, 0.25) is 0 Å². The number of nitrogen functional groups attached to an aromatic ring is 1. The lowest BCUT2D eigenvalue weighted by molar-refractivity contribution is 0.454. The van der Waals surface area contributed by atoms with Gasteiger partial charge in [-0.2, -0.15) is 4.98 Å². The highest BCUT2D eigenvalue weighted by Gasteiger charge is 2.10. The highest BCUT2D eigenvalue weighted by molar-refractivity contribution is 9.10. The van der Waals surface area contributed by atoms with E-state index in [0.29, 0.717) is 23.3 Å². The van der Waals surface area contributed by atoms with Crippen LogP contribution in [0.1, 0.15) is 31.2 Å². The van der Waals surface area contributed by atoms with Crippen LogP contribution in [0.3, 0.4) is 0 Å². The largest absolute Gasteiger partial charge is 0.438 e. The Morgan fingerprint density at radius 3 is 2.60 bits per heavy atom. The van der Waals surface area contributed by atoms with Gasteiger partial charge in [0.15, 0.2) is 0 Å². The molecule has 0 saturated heterocycles. The van der Waals surface area contributed by atoms with Gasteiger partial charge in [0.25, 0.3) is 0 Å². The molecule has 0 atom stereocenters. The summed E-state index contributed by atoms with van der Waals surface area (Å²) in [6.45, 7) is 6.05. The number of aromatic nitrogens is 2. The molecular weight excluding hydrogens is 320 g/mol. The van der Waals surface area contributed by atoms with Crippen LogP contribution in [0, 0.1) is 6.92 Å². The van der Waals surface area contributed by atoms with Crippen molar-refractivity contribution in [1.82, 2.24) is 9.97 Å². The molecule has 5 nitrogen and oxygen atoms in total. The van der Waals surface area contributed by atoms with E-state index in [9.17, 15) is 0 Å². The van der Waals surface area contributed by atoms with Crippen LogP contribution in [0.25, 0.3) is 0 Å². The molecule has 0 saturated carbocycles. The molecule has 2 rings (SSSR count). The molecule has 0 radical (unpaired) electrons. The number of halogens is 1. The molecule has 0 aliphatic rings. The third-order valence-electron chi connectivity index (χ3n) is 2.69. The van der Waals surface area contributed by atoms with E-state index < -0.39 is 0 Å². The van der Waals surface area contributed by atoms with Crippen molar-refractivity contribution < 1.29 is 4.74 Å². The number of aryl methyl sites for hydroxylation is 1. The first-order chi connectivity index (χ1) is 9.49. The smallest absolute Gasteiger partial charge is 0.224 e. The average molecular weight is 337 g/mol. The van der Waals surface area contributed by atoms with E-state index in [1.165, 1.54) is 0 Å². The maximum absolute atomic E-state index is 5.80. The lowest BCUT2D eigenvalue weighted by Gasteiger charge is -2.11. The van der Waals surface area contributed by atoms with Gasteiger partial charge < -0.3 is 10.2 Å². The van der Waals surface area contributed by atoms with Gasteiger partial charge in [0, 0.05) is 12.0 Å². The second-order valence-corrected chi connectivity index (χ2v) is 5.64. The Morgan fingerprint density at radius 1 is 1.25 bits per heavy atom. The Balaban J connectivity index is 2.34. The molecule has 0 unspecified atom stereocenters. The number of hydrogen-bond acceptors (Lipinski definition) is 5. The van der Waals surface area contributed by atoms with E-state index in [4.69, 9.17) is 10.6 Å². The van der Waals surface area contributed by atoms with Crippen molar-refractivity contribution in [3.05, 3.63) is 40.1 Å². The minimum absolute atomic E-state index is 0.187. The van der Waals surface area contributed by atoms with Gasteiger partial charge >= 0.3 is 0 Å². The number of rotatable bonds is 4. The molecule has 0 spiro atoms. The van der Waals surface area contributed by atoms with Crippen molar-refractivity contribution in [3.8, 4) is 11.6 Å². The molecule has 2 aromatic rings. The third-order valence-corrected chi connectivity index (χ3v) is 3.31. The Kier molecular flexibility index (Phi) is 4.57. The minimum atomic E-state index is 0.187. The van der Waals surface area contributed by atoms with Crippen molar-refractivity contribution in [2.24, 2.45) is 5.84 Å². The molecule has 3 N–H and O–H groups in total. The van der Waals surface area contributed by atoms with E-state index in [0.717, 1.165) is 10.0 Å². The second kappa shape index (κ2) is 6.19. The summed E-state index contributed by atoms with van der Waals surface area (Å²) in [5.74, 6) is 7.98. The van der Waals surface area contributed by atoms with Crippen molar-refractivity contribution in [2.75, 3.05) is 5.43 Å². The van der Waals surface area contributed by atoms with Crippen molar-refractivity contribution in [1.29, 1.82) is 0 Å². The second-order valence-electron chi connectivity index (χ2n) is 4.78. The SMILES string of the molecule is Cc1ccc(Oc2cc(NN)nc(C(C)C)n2)c(Br)c1. The number of hydrogen-bond donors (Lipinski definition) is 2. The zero-order valence-corrected chi connectivity index (χ0v) is 13.2. The van der Waals surface area contributed by atoms with Crippen LogP contribution in [0.15, 0.2) is 28.7 Å². The zero-order chi connectivity index (χ0) is 14.7. The maximum Gasteiger partial charge on any atom is 0.224 e. The first-order valence-electron chi connectivity index (χ1n) is 6.29. The standard InChI is InChI=1S/C14H17BrN4O/c1-8(2)14-17-12(19-16)7-13(18-14)20-11-5-4-9(3)6-10(11)15/h4-8H,16H2,1-3H3,(H,17,18,19). The Hall–Kier alpha value is -1.66. The maximum atomic E-state index is 5.80. The van der Waals surface area contributed by atoms with E-state index in [2.05, 4.69) is 31.3 Å². The summed E-state index contributed by atoms with van der Waals surface area (Å²) in [4.78, 5) is 8.68. The highest BCUT2D eigenvalue weighted by Crippen LogP contribution is 2.30. The van der Waals surface area contributed by atoms with Gasteiger partial charge in [-0.3, -0.25) is 0 Å². The minimum Gasteiger partial charge on any atom is -0.438 e. The summed E-state index contributed by atoms with van der Waals surface area (Å²) in [6.07, 6.45) is 0. The van der Waals surface area contributed by atoms with E-state index in [1.54, 1.807) is 6.07 Å².